The smallest absolute Gasteiger partial charge is 0.410 e. The molecule has 1 unspecified atom stereocenters. The van der Waals surface area contributed by atoms with E-state index in [4.69, 9.17) is 10.5 Å². The molecule has 1 aliphatic rings. The second-order valence-corrected chi connectivity index (χ2v) is 8.63. The van der Waals surface area contributed by atoms with Gasteiger partial charge in [0.2, 0.25) is 0 Å². The van der Waals surface area contributed by atoms with E-state index in [-0.39, 0.29) is 12.1 Å². The summed E-state index contributed by atoms with van der Waals surface area (Å²) in [5, 5.41) is 2.09. The van der Waals surface area contributed by atoms with Gasteiger partial charge in [0, 0.05) is 47.5 Å². The molecule has 0 aromatic carbocycles. The number of amides is 1. The Kier molecular flexibility index (Phi) is 6.48. The van der Waals surface area contributed by atoms with Gasteiger partial charge in [0.15, 0.2) is 0 Å². The maximum Gasteiger partial charge on any atom is 0.410 e. The molecular formula is C16H26BrN3O2S. The number of carbonyl (C=O) groups is 1. The molecule has 130 valence electrons. The van der Waals surface area contributed by atoms with Crippen LogP contribution in [0.1, 0.15) is 38.1 Å². The van der Waals surface area contributed by atoms with Gasteiger partial charge in [0.25, 0.3) is 0 Å². The van der Waals surface area contributed by atoms with E-state index in [9.17, 15) is 4.79 Å². The molecule has 1 amide bonds. The van der Waals surface area contributed by atoms with E-state index in [1.165, 1.54) is 4.88 Å². The summed E-state index contributed by atoms with van der Waals surface area (Å²) in [5.74, 6) is 0. The molecule has 0 bridgehead atoms. The zero-order valence-electron chi connectivity index (χ0n) is 14.0. The predicted octanol–water partition coefficient (Wildman–Crippen LogP) is 3.45. The topological polar surface area (TPSA) is 58.8 Å². The third-order valence-electron chi connectivity index (χ3n) is 3.76. The summed E-state index contributed by atoms with van der Waals surface area (Å²) in [6.07, 6.45) is 0.713. The zero-order chi connectivity index (χ0) is 17.0. The molecule has 0 spiro atoms. The largest absolute Gasteiger partial charge is 0.444 e. The highest BCUT2D eigenvalue weighted by atomic mass is 79.9. The van der Waals surface area contributed by atoms with E-state index in [2.05, 4.69) is 32.3 Å². The van der Waals surface area contributed by atoms with Crippen molar-refractivity contribution in [2.75, 3.05) is 32.7 Å². The lowest BCUT2D eigenvalue weighted by atomic mass is 10.2. The number of rotatable bonds is 3. The minimum atomic E-state index is -0.452. The van der Waals surface area contributed by atoms with Gasteiger partial charge >= 0.3 is 6.09 Å². The van der Waals surface area contributed by atoms with Gasteiger partial charge in [-0.3, -0.25) is 4.90 Å². The van der Waals surface area contributed by atoms with Crippen LogP contribution < -0.4 is 5.73 Å². The summed E-state index contributed by atoms with van der Waals surface area (Å²) in [6, 6.07) is 2.35. The maximum absolute atomic E-state index is 12.2. The van der Waals surface area contributed by atoms with Crippen LogP contribution in [0.3, 0.4) is 0 Å². The van der Waals surface area contributed by atoms with Crippen LogP contribution in [0.15, 0.2) is 15.9 Å². The lowest BCUT2D eigenvalue weighted by Gasteiger charge is -2.29. The Labute approximate surface area is 150 Å². The van der Waals surface area contributed by atoms with E-state index in [1.54, 1.807) is 11.3 Å². The average Bonchev–Trinajstić information content (AvgIpc) is 2.73. The average molecular weight is 404 g/mol. The molecule has 23 heavy (non-hydrogen) atoms. The lowest BCUT2D eigenvalue weighted by molar-refractivity contribution is 0.0255. The Bertz CT molecular complexity index is 530. The summed E-state index contributed by atoms with van der Waals surface area (Å²) in [4.78, 5) is 17.7. The molecule has 1 aromatic rings. The van der Waals surface area contributed by atoms with E-state index >= 15 is 0 Å². The van der Waals surface area contributed by atoms with Crippen molar-refractivity contribution in [2.24, 2.45) is 5.73 Å². The predicted molar refractivity (Wildman–Crippen MR) is 97.8 cm³/mol. The Morgan fingerprint density at radius 1 is 1.39 bits per heavy atom. The molecular weight excluding hydrogens is 378 g/mol. The Morgan fingerprint density at radius 2 is 2.13 bits per heavy atom. The van der Waals surface area contributed by atoms with Gasteiger partial charge in [-0.15, -0.1) is 11.3 Å². The summed E-state index contributed by atoms with van der Waals surface area (Å²) in [5.41, 5.74) is 5.57. The fourth-order valence-corrected chi connectivity index (χ4v) is 4.30. The van der Waals surface area contributed by atoms with Gasteiger partial charge in [-0.1, -0.05) is 0 Å². The van der Waals surface area contributed by atoms with Crippen molar-refractivity contribution in [3.05, 3.63) is 20.8 Å². The standard InChI is InChI=1S/C16H26BrN3O2S/c1-16(2,3)22-15(21)20-6-4-5-19(7-8-20)13(10-18)14-9-12(17)11-23-14/h9,11,13H,4-8,10,18H2,1-3H3. The molecule has 2 heterocycles. The molecule has 2 rings (SSSR count). The van der Waals surface area contributed by atoms with E-state index in [1.807, 2.05) is 25.7 Å². The van der Waals surface area contributed by atoms with Gasteiger partial charge in [0.1, 0.15) is 5.60 Å². The van der Waals surface area contributed by atoms with Crippen LogP contribution in [0.2, 0.25) is 0 Å². The van der Waals surface area contributed by atoms with Crippen LogP contribution in [0.5, 0.6) is 0 Å². The Morgan fingerprint density at radius 3 is 2.70 bits per heavy atom. The Hall–Kier alpha value is -0.630. The fraction of sp³-hybridized carbons (Fsp3) is 0.688. The van der Waals surface area contributed by atoms with Gasteiger partial charge in [-0.2, -0.15) is 0 Å². The fourth-order valence-electron chi connectivity index (χ4n) is 2.71. The van der Waals surface area contributed by atoms with Crippen LogP contribution in [0, 0.1) is 0 Å². The maximum atomic E-state index is 12.2. The number of hydrogen-bond acceptors (Lipinski definition) is 5. The van der Waals surface area contributed by atoms with Crippen molar-refractivity contribution in [1.29, 1.82) is 0 Å². The number of carbonyl (C=O) groups excluding carboxylic acids is 1. The van der Waals surface area contributed by atoms with Crippen molar-refractivity contribution in [1.82, 2.24) is 9.80 Å². The van der Waals surface area contributed by atoms with Crippen molar-refractivity contribution in [3.8, 4) is 0 Å². The van der Waals surface area contributed by atoms with Crippen LogP contribution in [0.4, 0.5) is 4.79 Å². The summed E-state index contributed by atoms with van der Waals surface area (Å²) in [6.45, 7) is 9.44. The summed E-state index contributed by atoms with van der Waals surface area (Å²) >= 11 is 5.23. The highest BCUT2D eigenvalue weighted by Gasteiger charge is 2.27. The van der Waals surface area contributed by atoms with Crippen molar-refractivity contribution in [2.45, 2.75) is 38.8 Å². The van der Waals surface area contributed by atoms with Crippen molar-refractivity contribution < 1.29 is 9.53 Å². The van der Waals surface area contributed by atoms with Crippen LogP contribution in [-0.4, -0.2) is 54.2 Å². The SMILES string of the molecule is CC(C)(C)OC(=O)N1CCCN(C(CN)c2cc(Br)cs2)CC1. The van der Waals surface area contributed by atoms with E-state index in [0.717, 1.165) is 30.5 Å². The number of hydrogen-bond donors (Lipinski definition) is 1. The number of nitrogens with zero attached hydrogens (tertiary/aromatic N) is 2. The minimum absolute atomic E-state index is 0.213. The van der Waals surface area contributed by atoms with E-state index < -0.39 is 5.60 Å². The third-order valence-corrected chi connectivity index (χ3v) is 5.56. The first-order valence-corrected chi connectivity index (χ1v) is 9.63. The number of ether oxygens (including phenoxy) is 1. The van der Waals surface area contributed by atoms with Gasteiger partial charge < -0.3 is 15.4 Å². The molecule has 0 aliphatic carbocycles. The molecule has 1 aliphatic heterocycles. The second kappa shape index (κ2) is 7.96. The van der Waals surface area contributed by atoms with Gasteiger partial charge in [-0.05, 0) is 49.2 Å². The molecule has 1 saturated heterocycles. The van der Waals surface area contributed by atoms with Gasteiger partial charge in [-0.25, -0.2) is 4.79 Å². The van der Waals surface area contributed by atoms with Crippen LogP contribution in [-0.2, 0) is 4.74 Å². The first-order valence-electron chi connectivity index (χ1n) is 7.96. The third kappa shape index (κ3) is 5.45. The monoisotopic (exact) mass is 403 g/mol. The van der Waals surface area contributed by atoms with Crippen LogP contribution >= 0.6 is 27.3 Å². The molecule has 1 atom stereocenters. The first-order chi connectivity index (χ1) is 10.8. The van der Waals surface area contributed by atoms with Crippen LogP contribution in [0.25, 0.3) is 0 Å². The highest BCUT2D eigenvalue weighted by Crippen LogP contribution is 2.29. The summed E-state index contributed by atoms with van der Waals surface area (Å²) in [7, 11) is 0. The highest BCUT2D eigenvalue weighted by molar-refractivity contribution is 9.10. The molecule has 5 nitrogen and oxygen atoms in total. The molecule has 2 N–H and O–H groups in total. The number of nitrogens with two attached hydrogens (primary N) is 1. The molecule has 0 radical (unpaired) electrons. The minimum Gasteiger partial charge on any atom is -0.444 e. The molecule has 7 heteroatoms. The molecule has 0 saturated carbocycles. The van der Waals surface area contributed by atoms with Gasteiger partial charge in [0.05, 0.1) is 6.04 Å². The normalized spacial score (nSPS) is 18.6. The summed E-state index contributed by atoms with van der Waals surface area (Å²) < 4.78 is 6.58. The quantitative estimate of drug-likeness (QED) is 0.839. The zero-order valence-corrected chi connectivity index (χ0v) is 16.5. The van der Waals surface area contributed by atoms with E-state index in [0.29, 0.717) is 13.1 Å². The number of halogens is 1. The lowest BCUT2D eigenvalue weighted by Crippen LogP contribution is -2.40. The molecule has 1 aromatic heterocycles. The Balaban J connectivity index is 1.98. The van der Waals surface area contributed by atoms with Crippen molar-refractivity contribution in [3.63, 3.8) is 0 Å². The molecule has 1 fully saturated rings. The van der Waals surface area contributed by atoms with Crippen molar-refractivity contribution >= 4 is 33.4 Å². The number of thiophene rings is 1. The first kappa shape index (κ1) is 18.7. The second-order valence-electron chi connectivity index (χ2n) is 6.78.